The minimum Gasteiger partial charge on any atom is -0.496 e. The topological polar surface area (TPSA) is 58.8 Å². The predicted octanol–water partition coefficient (Wildman–Crippen LogP) is 3.96. The van der Waals surface area contributed by atoms with Gasteiger partial charge in [0.25, 0.3) is 5.91 Å². The van der Waals surface area contributed by atoms with Crippen LogP contribution in [0.2, 0.25) is 5.02 Å². The van der Waals surface area contributed by atoms with Crippen LogP contribution in [0.25, 0.3) is 11.3 Å². The van der Waals surface area contributed by atoms with Gasteiger partial charge in [-0.05, 0) is 18.2 Å². The highest BCUT2D eigenvalue weighted by Crippen LogP contribution is 2.25. The second-order valence-corrected chi connectivity index (χ2v) is 7.40. The average molecular weight is 412 g/mol. The molecule has 0 bridgehead atoms. The summed E-state index contributed by atoms with van der Waals surface area (Å²) in [7, 11) is 1.66. The number of hydrogen-bond acceptors (Lipinski definition) is 5. The summed E-state index contributed by atoms with van der Waals surface area (Å²) in [5, 5.41) is 4.73. The van der Waals surface area contributed by atoms with Gasteiger partial charge in [-0.1, -0.05) is 47.1 Å². The van der Waals surface area contributed by atoms with Gasteiger partial charge in [0.05, 0.1) is 7.11 Å². The molecular formula is C22H22ClN3O3. The van der Waals surface area contributed by atoms with Crippen molar-refractivity contribution in [3.63, 3.8) is 0 Å². The number of carbonyl (C=O) groups excluding carboxylic acids is 1. The van der Waals surface area contributed by atoms with E-state index in [-0.39, 0.29) is 11.7 Å². The molecule has 2 heterocycles. The standard InChI is InChI=1S/C22H22ClN3O3/c1-28-20-8-7-18(23)13-17(20)15-25-9-11-26(12-10-25)22(27)21-14-19(24-29-21)16-5-3-2-4-6-16/h2-8,13-14H,9-12,15H2,1H3. The lowest BCUT2D eigenvalue weighted by Gasteiger charge is -2.34. The summed E-state index contributed by atoms with van der Waals surface area (Å²) >= 11 is 6.13. The van der Waals surface area contributed by atoms with Gasteiger partial charge in [0, 0.05) is 54.9 Å². The second-order valence-electron chi connectivity index (χ2n) is 6.97. The van der Waals surface area contributed by atoms with E-state index in [9.17, 15) is 4.79 Å². The number of piperazine rings is 1. The van der Waals surface area contributed by atoms with Crippen molar-refractivity contribution in [3.05, 3.63) is 70.9 Å². The molecule has 0 spiro atoms. The van der Waals surface area contributed by atoms with Crippen LogP contribution in [-0.2, 0) is 6.54 Å². The van der Waals surface area contributed by atoms with Crippen LogP contribution in [0.3, 0.4) is 0 Å². The van der Waals surface area contributed by atoms with Crippen molar-refractivity contribution < 1.29 is 14.1 Å². The molecule has 0 saturated carbocycles. The number of carbonyl (C=O) groups is 1. The Morgan fingerprint density at radius 1 is 1.10 bits per heavy atom. The van der Waals surface area contributed by atoms with Crippen LogP contribution in [0.5, 0.6) is 5.75 Å². The zero-order valence-corrected chi connectivity index (χ0v) is 16.9. The Morgan fingerprint density at radius 3 is 2.59 bits per heavy atom. The van der Waals surface area contributed by atoms with E-state index in [0.717, 1.165) is 36.5 Å². The molecule has 2 aromatic carbocycles. The van der Waals surface area contributed by atoms with Gasteiger partial charge in [0.15, 0.2) is 0 Å². The van der Waals surface area contributed by atoms with Gasteiger partial charge in [-0.25, -0.2) is 0 Å². The largest absolute Gasteiger partial charge is 0.496 e. The molecule has 0 radical (unpaired) electrons. The lowest BCUT2D eigenvalue weighted by atomic mass is 10.1. The van der Waals surface area contributed by atoms with Gasteiger partial charge in [0.1, 0.15) is 11.4 Å². The highest BCUT2D eigenvalue weighted by molar-refractivity contribution is 6.30. The molecule has 0 atom stereocenters. The normalized spacial score (nSPS) is 14.8. The molecule has 0 aliphatic carbocycles. The Balaban J connectivity index is 1.37. The van der Waals surface area contributed by atoms with E-state index in [1.807, 2.05) is 48.5 Å². The van der Waals surface area contributed by atoms with E-state index in [4.69, 9.17) is 20.9 Å². The molecule has 150 valence electrons. The van der Waals surface area contributed by atoms with E-state index < -0.39 is 0 Å². The molecule has 7 heteroatoms. The van der Waals surface area contributed by atoms with E-state index in [1.165, 1.54) is 0 Å². The zero-order valence-electron chi connectivity index (χ0n) is 16.2. The Kier molecular flexibility index (Phi) is 5.83. The number of hydrogen-bond donors (Lipinski definition) is 0. The summed E-state index contributed by atoms with van der Waals surface area (Å²) in [5.74, 6) is 0.969. The number of aromatic nitrogens is 1. The maximum atomic E-state index is 12.8. The van der Waals surface area contributed by atoms with Gasteiger partial charge in [-0.2, -0.15) is 0 Å². The molecule has 6 nitrogen and oxygen atoms in total. The van der Waals surface area contributed by atoms with Crippen LogP contribution in [0, 0.1) is 0 Å². The quantitative estimate of drug-likeness (QED) is 0.636. The lowest BCUT2D eigenvalue weighted by Crippen LogP contribution is -2.48. The van der Waals surface area contributed by atoms with Gasteiger partial charge in [-0.3, -0.25) is 9.69 Å². The SMILES string of the molecule is COc1ccc(Cl)cc1CN1CCN(C(=O)c2cc(-c3ccccc3)no2)CC1. The summed E-state index contributed by atoms with van der Waals surface area (Å²) in [6.07, 6.45) is 0. The molecule has 29 heavy (non-hydrogen) atoms. The van der Waals surface area contributed by atoms with Gasteiger partial charge in [0.2, 0.25) is 5.76 Å². The average Bonchev–Trinajstić information content (AvgIpc) is 3.25. The van der Waals surface area contributed by atoms with E-state index in [2.05, 4.69) is 10.1 Å². The van der Waals surface area contributed by atoms with Crippen LogP contribution in [0.1, 0.15) is 16.1 Å². The molecule has 0 N–H and O–H groups in total. The first-order chi connectivity index (χ1) is 14.1. The highest BCUT2D eigenvalue weighted by atomic mass is 35.5. The van der Waals surface area contributed by atoms with Gasteiger partial charge < -0.3 is 14.2 Å². The minimum absolute atomic E-state index is 0.125. The van der Waals surface area contributed by atoms with Crippen LogP contribution in [-0.4, -0.2) is 54.2 Å². The Hall–Kier alpha value is -2.83. The van der Waals surface area contributed by atoms with E-state index >= 15 is 0 Å². The van der Waals surface area contributed by atoms with Crippen molar-refractivity contribution in [1.29, 1.82) is 0 Å². The second kappa shape index (κ2) is 8.68. The molecule has 1 aliphatic heterocycles. The molecule has 3 aromatic rings. The molecule has 1 aromatic heterocycles. The smallest absolute Gasteiger partial charge is 0.292 e. The highest BCUT2D eigenvalue weighted by Gasteiger charge is 2.25. The van der Waals surface area contributed by atoms with Gasteiger partial charge in [-0.15, -0.1) is 0 Å². The van der Waals surface area contributed by atoms with Crippen LogP contribution in [0.15, 0.2) is 59.1 Å². The summed E-state index contributed by atoms with van der Waals surface area (Å²) in [6.45, 7) is 3.51. The maximum Gasteiger partial charge on any atom is 0.292 e. The number of methoxy groups -OCH3 is 1. The first kappa shape index (κ1) is 19.5. The molecule has 1 amide bonds. The number of ether oxygens (including phenoxy) is 1. The van der Waals surface area contributed by atoms with E-state index in [1.54, 1.807) is 18.1 Å². The molecule has 4 rings (SSSR count). The first-order valence-corrected chi connectivity index (χ1v) is 9.88. The van der Waals surface area contributed by atoms with Crippen molar-refractivity contribution in [2.45, 2.75) is 6.54 Å². The van der Waals surface area contributed by atoms with Crippen LogP contribution < -0.4 is 4.74 Å². The number of nitrogens with zero attached hydrogens (tertiary/aromatic N) is 3. The van der Waals surface area contributed by atoms with Gasteiger partial charge >= 0.3 is 0 Å². The van der Waals surface area contributed by atoms with Crippen molar-refractivity contribution in [2.24, 2.45) is 0 Å². The first-order valence-electron chi connectivity index (χ1n) is 9.50. The Bertz CT molecular complexity index is 982. The monoisotopic (exact) mass is 411 g/mol. The maximum absolute atomic E-state index is 12.8. The molecule has 0 unspecified atom stereocenters. The zero-order chi connectivity index (χ0) is 20.2. The summed E-state index contributed by atoms with van der Waals surface area (Å²) in [6, 6.07) is 17.0. The number of rotatable bonds is 5. The third-order valence-electron chi connectivity index (χ3n) is 5.09. The van der Waals surface area contributed by atoms with E-state index in [0.29, 0.717) is 23.8 Å². The summed E-state index contributed by atoms with van der Waals surface area (Å²) < 4.78 is 10.7. The van der Waals surface area contributed by atoms with Crippen molar-refractivity contribution in [1.82, 2.24) is 15.0 Å². The van der Waals surface area contributed by atoms with Crippen LogP contribution in [0.4, 0.5) is 0 Å². The molecular weight excluding hydrogens is 390 g/mol. The third-order valence-corrected chi connectivity index (χ3v) is 5.32. The fourth-order valence-electron chi connectivity index (χ4n) is 3.50. The van der Waals surface area contributed by atoms with Crippen molar-refractivity contribution >= 4 is 17.5 Å². The fraction of sp³-hybridized carbons (Fsp3) is 0.273. The summed E-state index contributed by atoms with van der Waals surface area (Å²) in [5.41, 5.74) is 2.64. The third kappa shape index (κ3) is 4.44. The fourth-order valence-corrected chi connectivity index (χ4v) is 3.69. The molecule has 1 aliphatic rings. The Morgan fingerprint density at radius 2 is 1.86 bits per heavy atom. The minimum atomic E-state index is -0.125. The molecule has 1 saturated heterocycles. The number of benzene rings is 2. The number of amides is 1. The number of halogens is 1. The lowest BCUT2D eigenvalue weighted by molar-refractivity contribution is 0.0588. The molecule has 1 fully saturated rings. The predicted molar refractivity (Wildman–Crippen MR) is 111 cm³/mol. The van der Waals surface area contributed by atoms with Crippen molar-refractivity contribution in [2.75, 3.05) is 33.3 Å². The summed E-state index contributed by atoms with van der Waals surface area (Å²) in [4.78, 5) is 16.9. The van der Waals surface area contributed by atoms with Crippen LogP contribution >= 0.6 is 11.6 Å². The van der Waals surface area contributed by atoms with Crippen molar-refractivity contribution in [3.8, 4) is 17.0 Å². The Labute approximate surface area is 174 Å².